The molecule has 2 atom stereocenters. The Balaban J connectivity index is 3.47. The first-order chi connectivity index (χ1) is 5.77. The summed E-state index contributed by atoms with van der Waals surface area (Å²) in [7, 11) is 5.00. The Morgan fingerprint density at radius 3 is 2.15 bits per heavy atom. The second-order valence-corrected chi connectivity index (χ2v) is 20.0. The van der Waals surface area contributed by atoms with Gasteiger partial charge in [0.05, 0.1) is 0 Å². The third kappa shape index (κ3) is 9.52. The minimum atomic E-state index is -1.46. The topological polar surface area (TPSA) is 21.3 Å². The zero-order valence-corrected chi connectivity index (χ0v) is 13.5. The van der Waals surface area contributed by atoms with Gasteiger partial charge in [0.2, 0.25) is 7.65 Å². The highest BCUT2D eigenvalue weighted by atomic mass is 31.6. The summed E-state index contributed by atoms with van der Waals surface area (Å²) in [4.78, 5) is 3.61. The molecule has 0 aromatic carbocycles. The SMILES string of the molecule is CO[Si](P)(P)CCCN[Si](C)(C)C. The summed E-state index contributed by atoms with van der Waals surface area (Å²) >= 11 is 0. The van der Waals surface area contributed by atoms with Crippen LogP contribution in [-0.4, -0.2) is 29.5 Å². The molecule has 0 aromatic heterocycles. The molecule has 2 unspecified atom stereocenters. The molecule has 0 saturated heterocycles. The molecule has 1 N–H and O–H groups in total. The molecular formula is C7H23NOP2Si2. The smallest absolute Gasteiger partial charge is 0.230 e. The minimum absolute atomic E-state index is 1.05. The van der Waals surface area contributed by atoms with Crippen LogP contribution in [0.1, 0.15) is 6.42 Å². The van der Waals surface area contributed by atoms with E-state index in [0.717, 1.165) is 6.54 Å². The highest BCUT2D eigenvalue weighted by Crippen LogP contribution is 2.27. The lowest BCUT2D eigenvalue weighted by atomic mass is 10.5. The van der Waals surface area contributed by atoms with Crippen molar-refractivity contribution in [3.63, 3.8) is 0 Å². The van der Waals surface area contributed by atoms with Gasteiger partial charge in [0.1, 0.15) is 8.24 Å². The van der Waals surface area contributed by atoms with E-state index < -0.39 is 15.9 Å². The van der Waals surface area contributed by atoms with Crippen LogP contribution in [0, 0.1) is 0 Å². The lowest BCUT2D eigenvalue weighted by molar-refractivity contribution is 0.427. The highest BCUT2D eigenvalue weighted by molar-refractivity contribution is 7.98. The molecule has 6 heteroatoms. The maximum atomic E-state index is 5.42. The Hall–Kier alpha value is 1.21. The molecule has 0 bridgehead atoms. The van der Waals surface area contributed by atoms with Crippen molar-refractivity contribution in [2.75, 3.05) is 13.7 Å². The summed E-state index contributed by atoms with van der Waals surface area (Å²) in [5.74, 6) is 0. The number of hydrogen-bond acceptors (Lipinski definition) is 2. The van der Waals surface area contributed by atoms with Gasteiger partial charge in [-0.1, -0.05) is 19.6 Å². The van der Waals surface area contributed by atoms with Gasteiger partial charge in [-0.2, -0.15) is 0 Å². The molecule has 0 saturated carbocycles. The van der Waals surface area contributed by atoms with E-state index in [4.69, 9.17) is 4.43 Å². The predicted molar refractivity (Wildman–Crippen MR) is 73.0 cm³/mol. The fourth-order valence-electron chi connectivity index (χ4n) is 0.930. The first kappa shape index (κ1) is 14.2. The van der Waals surface area contributed by atoms with E-state index in [1.807, 2.05) is 0 Å². The van der Waals surface area contributed by atoms with Crippen molar-refractivity contribution >= 4 is 33.5 Å². The van der Waals surface area contributed by atoms with Gasteiger partial charge < -0.3 is 9.41 Å². The van der Waals surface area contributed by atoms with E-state index in [1.54, 1.807) is 7.11 Å². The molecule has 0 spiro atoms. The van der Waals surface area contributed by atoms with E-state index in [9.17, 15) is 0 Å². The molecule has 80 valence electrons. The van der Waals surface area contributed by atoms with Crippen molar-refractivity contribution in [2.24, 2.45) is 0 Å². The molecule has 13 heavy (non-hydrogen) atoms. The Kier molecular flexibility index (Phi) is 6.50. The van der Waals surface area contributed by atoms with Crippen LogP contribution in [0.15, 0.2) is 0 Å². The van der Waals surface area contributed by atoms with Gasteiger partial charge in [0.15, 0.2) is 0 Å². The van der Waals surface area contributed by atoms with Crippen LogP contribution < -0.4 is 4.98 Å². The van der Waals surface area contributed by atoms with Crippen molar-refractivity contribution in [2.45, 2.75) is 32.1 Å². The normalized spacial score (nSPS) is 13.4. The van der Waals surface area contributed by atoms with Gasteiger partial charge >= 0.3 is 0 Å². The zero-order chi connectivity index (χ0) is 10.5. The standard InChI is InChI=1S/C7H23NOP2Si2/c1-9-13(10,11)7-5-6-8-12(2,3)4/h8H,5-7,10-11H2,1-4H3. The average Bonchev–Trinajstić information content (AvgIpc) is 1.97. The maximum Gasteiger partial charge on any atom is 0.230 e. The second-order valence-electron chi connectivity index (χ2n) is 4.44. The van der Waals surface area contributed by atoms with Gasteiger partial charge in [0.25, 0.3) is 0 Å². The van der Waals surface area contributed by atoms with Crippen LogP contribution in [0.4, 0.5) is 0 Å². The first-order valence-corrected chi connectivity index (χ1v) is 13.9. The fraction of sp³-hybridized carbons (Fsp3) is 1.00. The lowest BCUT2D eigenvalue weighted by Gasteiger charge is -2.21. The molecule has 0 fully saturated rings. The maximum absolute atomic E-state index is 5.42. The van der Waals surface area contributed by atoms with E-state index in [0.29, 0.717) is 0 Å². The van der Waals surface area contributed by atoms with Gasteiger partial charge in [-0.05, 0) is 19.0 Å². The average molecular weight is 255 g/mol. The summed E-state index contributed by atoms with van der Waals surface area (Å²) in [6, 6.07) is 1.19. The van der Waals surface area contributed by atoms with E-state index >= 15 is 0 Å². The van der Waals surface area contributed by atoms with E-state index in [2.05, 4.69) is 42.2 Å². The Morgan fingerprint density at radius 1 is 1.23 bits per heavy atom. The molecule has 0 aromatic rings. The van der Waals surface area contributed by atoms with Crippen LogP contribution in [0.3, 0.4) is 0 Å². The van der Waals surface area contributed by atoms with E-state index in [1.165, 1.54) is 12.5 Å². The highest BCUT2D eigenvalue weighted by Gasteiger charge is 2.20. The molecule has 0 aliphatic rings. The quantitative estimate of drug-likeness (QED) is 0.446. The number of hydrogen-bond donors (Lipinski definition) is 1. The van der Waals surface area contributed by atoms with Crippen molar-refractivity contribution in [3.05, 3.63) is 0 Å². The summed E-state index contributed by atoms with van der Waals surface area (Å²) in [6.07, 6.45) is 1.22. The van der Waals surface area contributed by atoms with Crippen molar-refractivity contribution in [3.8, 4) is 0 Å². The number of rotatable bonds is 6. The van der Waals surface area contributed by atoms with Gasteiger partial charge in [-0.25, -0.2) is 0 Å². The van der Waals surface area contributed by atoms with E-state index in [-0.39, 0.29) is 0 Å². The Bertz CT molecular complexity index is 150. The molecule has 0 heterocycles. The van der Waals surface area contributed by atoms with Crippen molar-refractivity contribution < 1.29 is 4.43 Å². The molecule has 0 rings (SSSR count). The molecular weight excluding hydrogens is 232 g/mol. The molecule has 0 aliphatic carbocycles. The third-order valence-electron chi connectivity index (χ3n) is 1.78. The van der Waals surface area contributed by atoms with Gasteiger partial charge in [0, 0.05) is 7.11 Å². The first-order valence-electron chi connectivity index (χ1n) is 4.65. The Labute approximate surface area is 88.9 Å². The molecule has 0 aliphatic heterocycles. The van der Waals surface area contributed by atoms with Crippen molar-refractivity contribution in [1.82, 2.24) is 4.98 Å². The number of nitrogens with one attached hydrogen (secondary N) is 1. The second kappa shape index (κ2) is 5.94. The predicted octanol–water partition coefficient (Wildman–Crippen LogP) is 2.14. The summed E-state index contributed by atoms with van der Waals surface area (Å²) in [5.41, 5.74) is 0. The molecule has 0 amide bonds. The largest absolute Gasteiger partial charge is 0.413 e. The van der Waals surface area contributed by atoms with Crippen LogP contribution in [0.5, 0.6) is 0 Å². The summed E-state index contributed by atoms with van der Waals surface area (Å²) in [5, 5.41) is 0. The van der Waals surface area contributed by atoms with Crippen LogP contribution in [0.2, 0.25) is 25.7 Å². The fourth-order valence-corrected chi connectivity index (χ4v) is 4.02. The van der Waals surface area contributed by atoms with Crippen LogP contribution >= 0.6 is 17.6 Å². The lowest BCUT2D eigenvalue weighted by Crippen LogP contribution is -2.42. The monoisotopic (exact) mass is 255 g/mol. The van der Waals surface area contributed by atoms with Gasteiger partial charge in [-0.15, -0.1) is 17.6 Å². The summed E-state index contributed by atoms with van der Waals surface area (Å²) in [6.45, 7) is 8.12. The third-order valence-corrected chi connectivity index (χ3v) is 8.13. The van der Waals surface area contributed by atoms with Crippen LogP contribution in [-0.2, 0) is 4.43 Å². The molecule has 2 nitrogen and oxygen atoms in total. The zero-order valence-electron chi connectivity index (χ0n) is 9.18. The van der Waals surface area contributed by atoms with Gasteiger partial charge in [-0.3, -0.25) is 0 Å². The minimum Gasteiger partial charge on any atom is -0.413 e. The molecule has 0 radical (unpaired) electrons. The Morgan fingerprint density at radius 2 is 1.77 bits per heavy atom. The van der Waals surface area contributed by atoms with Crippen molar-refractivity contribution in [1.29, 1.82) is 0 Å². The van der Waals surface area contributed by atoms with Crippen LogP contribution in [0.25, 0.3) is 0 Å². The summed E-state index contributed by atoms with van der Waals surface area (Å²) < 4.78 is 5.42.